The molecule has 0 saturated carbocycles. The van der Waals surface area contributed by atoms with Crippen molar-refractivity contribution in [3.8, 4) is 0 Å². The van der Waals surface area contributed by atoms with Gasteiger partial charge in [-0.05, 0) is 37.3 Å². The molecule has 164 valence electrons. The van der Waals surface area contributed by atoms with Crippen LogP contribution in [-0.4, -0.2) is 47.9 Å². The Bertz CT molecular complexity index is 967. The minimum Gasteiger partial charge on any atom is -0.396 e. The molecule has 1 saturated heterocycles. The first-order valence-corrected chi connectivity index (χ1v) is 11.9. The van der Waals surface area contributed by atoms with Gasteiger partial charge in [-0.2, -0.15) is 4.72 Å². The smallest absolute Gasteiger partial charge is 0.241 e. The molecule has 0 bridgehead atoms. The molecular weight excluding hydrogens is 449 g/mol. The number of anilines is 1. The molecule has 2 heterocycles. The van der Waals surface area contributed by atoms with Gasteiger partial charge in [-0.3, -0.25) is 4.79 Å². The fourth-order valence-corrected chi connectivity index (χ4v) is 5.24. The summed E-state index contributed by atoms with van der Waals surface area (Å²) in [6.07, 6.45) is 7.09. The molecular formula is C19H25Cl2N5O3S. The number of imidazole rings is 1. The molecule has 1 unspecified atom stereocenters. The van der Waals surface area contributed by atoms with E-state index in [0.717, 1.165) is 12.8 Å². The number of hydrogen-bond donors (Lipinski definition) is 2. The number of halogens is 2. The number of piperidine rings is 1. The molecule has 3 N–H and O–H groups in total. The Morgan fingerprint density at radius 2 is 1.93 bits per heavy atom. The lowest BCUT2D eigenvalue weighted by Crippen LogP contribution is -2.50. The highest BCUT2D eigenvalue weighted by Crippen LogP contribution is 2.31. The van der Waals surface area contributed by atoms with E-state index in [0.29, 0.717) is 25.6 Å². The van der Waals surface area contributed by atoms with Gasteiger partial charge < -0.3 is 15.2 Å². The van der Waals surface area contributed by atoms with Crippen LogP contribution in [0.4, 0.5) is 5.69 Å². The number of nitrogens with one attached hydrogen (secondary N) is 1. The molecule has 1 aromatic heterocycles. The van der Waals surface area contributed by atoms with Crippen LogP contribution >= 0.6 is 23.2 Å². The number of benzene rings is 1. The van der Waals surface area contributed by atoms with Crippen molar-refractivity contribution in [2.24, 2.45) is 5.92 Å². The maximum absolute atomic E-state index is 13.2. The van der Waals surface area contributed by atoms with E-state index in [2.05, 4.69) is 16.6 Å². The Balaban J connectivity index is 1.82. The number of amides is 1. The SMILES string of the molecule is CC1CCN(C(=O)C(CCn2ccnc2)NS(=O)(=O)c2cc(Cl)c(N)c(Cl)c2)CC1. The highest BCUT2D eigenvalue weighted by Gasteiger charge is 2.31. The summed E-state index contributed by atoms with van der Waals surface area (Å²) in [6, 6.07) is 1.52. The molecule has 1 atom stereocenters. The second-order valence-electron chi connectivity index (χ2n) is 7.57. The maximum atomic E-state index is 13.2. The second-order valence-corrected chi connectivity index (χ2v) is 10.1. The van der Waals surface area contributed by atoms with Crippen LogP contribution in [0.3, 0.4) is 0 Å². The molecule has 1 aliphatic heterocycles. The molecule has 3 rings (SSSR count). The summed E-state index contributed by atoms with van der Waals surface area (Å²) in [6.45, 7) is 3.81. The molecule has 1 aliphatic rings. The van der Waals surface area contributed by atoms with Gasteiger partial charge >= 0.3 is 0 Å². The van der Waals surface area contributed by atoms with Crippen molar-refractivity contribution in [1.82, 2.24) is 19.2 Å². The van der Waals surface area contributed by atoms with Crippen LogP contribution in [0.25, 0.3) is 0 Å². The van der Waals surface area contributed by atoms with E-state index in [1.54, 1.807) is 28.2 Å². The highest BCUT2D eigenvalue weighted by molar-refractivity contribution is 7.89. The minimum absolute atomic E-state index is 0.0363. The summed E-state index contributed by atoms with van der Waals surface area (Å²) in [5.41, 5.74) is 5.81. The molecule has 0 aliphatic carbocycles. The summed E-state index contributed by atoms with van der Waals surface area (Å²) < 4.78 is 30.3. The van der Waals surface area contributed by atoms with Gasteiger partial charge in [-0.15, -0.1) is 0 Å². The molecule has 8 nitrogen and oxygen atoms in total. The van der Waals surface area contributed by atoms with Crippen LogP contribution in [0.2, 0.25) is 10.0 Å². The Hall–Kier alpha value is -1.81. The summed E-state index contributed by atoms with van der Waals surface area (Å²) in [5, 5.41) is 0.0726. The lowest BCUT2D eigenvalue weighted by molar-refractivity contribution is -0.134. The number of rotatable bonds is 7. The summed E-state index contributed by atoms with van der Waals surface area (Å²) in [4.78, 5) is 18.7. The summed E-state index contributed by atoms with van der Waals surface area (Å²) in [5.74, 6) is 0.312. The number of nitrogens with two attached hydrogens (primary N) is 1. The Morgan fingerprint density at radius 1 is 1.30 bits per heavy atom. The molecule has 11 heteroatoms. The Morgan fingerprint density at radius 3 is 2.50 bits per heavy atom. The molecule has 1 amide bonds. The number of nitrogen functional groups attached to an aromatic ring is 1. The van der Waals surface area contributed by atoms with E-state index in [-0.39, 0.29) is 33.0 Å². The number of nitrogens with zero attached hydrogens (tertiary/aromatic N) is 3. The predicted molar refractivity (Wildman–Crippen MR) is 117 cm³/mol. The van der Waals surface area contributed by atoms with Crippen LogP contribution < -0.4 is 10.5 Å². The zero-order valence-corrected chi connectivity index (χ0v) is 18.9. The quantitative estimate of drug-likeness (QED) is 0.600. The third-order valence-electron chi connectivity index (χ3n) is 5.29. The molecule has 0 spiro atoms. The van der Waals surface area contributed by atoms with Crippen molar-refractivity contribution >= 4 is 44.8 Å². The van der Waals surface area contributed by atoms with E-state index >= 15 is 0 Å². The number of carbonyl (C=O) groups excluding carboxylic acids is 1. The van der Waals surface area contributed by atoms with Gasteiger partial charge in [-0.1, -0.05) is 30.1 Å². The average Bonchev–Trinajstić information content (AvgIpc) is 3.22. The largest absolute Gasteiger partial charge is 0.396 e. The maximum Gasteiger partial charge on any atom is 0.241 e. The van der Waals surface area contributed by atoms with Crippen molar-refractivity contribution in [3.05, 3.63) is 40.9 Å². The van der Waals surface area contributed by atoms with Gasteiger partial charge in [-0.25, -0.2) is 13.4 Å². The summed E-state index contributed by atoms with van der Waals surface area (Å²) >= 11 is 12.0. The standard InChI is InChI=1S/C19H25Cl2N5O3S/c1-13-2-7-26(8-3-13)19(27)17(4-6-25-9-5-23-12-25)24-30(28,29)14-10-15(20)18(22)16(21)11-14/h5,9-13,17,24H,2-4,6-8,22H2,1H3. The van der Waals surface area contributed by atoms with Gasteiger partial charge in [0.05, 0.1) is 27.0 Å². The van der Waals surface area contributed by atoms with E-state index in [4.69, 9.17) is 28.9 Å². The molecule has 2 aromatic rings. The molecule has 0 radical (unpaired) electrons. The fraction of sp³-hybridized carbons (Fsp3) is 0.474. The number of hydrogen-bond acceptors (Lipinski definition) is 5. The Labute approximate surface area is 186 Å². The zero-order valence-electron chi connectivity index (χ0n) is 16.6. The van der Waals surface area contributed by atoms with Crippen molar-refractivity contribution in [2.75, 3.05) is 18.8 Å². The van der Waals surface area contributed by atoms with Crippen molar-refractivity contribution < 1.29 is 13.2 Å². The predicted octanol–water partition coefficient (Wildman–Crippen LogP) is 2.77. The monoisotopic (exact) mass is 473 g/mol. The first-order chi connectivity index (χ1) is 14.2. The number of aryl methyl sites for hydroxylation is 1. The van der Waals surface area contributed by atoms with E-state index in [1.165, 1.54) is 12.1 Å². The first kappa shape index (κ1) is 22.9. The van der Waals surface area contributed by atoms with E-state index in [1.807, 2.05) is 0 Å². The molecule has 1 fully saturated rings. The molecule has 1 aromatic carbocycles. The van der Waals surface area contributed by atoms with Gasteiger partial charge in [0.15, 0.2) is 0 Å². The first-order valence-electron chi connectivity index (χ1n) is 9.68. The van der Waals surface area contributed by atoms with Gasteiger partial charge in [0.2, 0.25) is 15.9 Å². The van der Waals surface area contributed by atoms with Crippen LogP contribution in [0.1, 0.15) is 26.2 Å². The number of aromatic nitrogens is 2. The van der Waals surface area contributed by atoms with Crippen molar-refractivity contribution in [3.63, 3.8) is 0 Å². The summed E-state index contributed by atoms with van der Waals surface area (Å²) in [7, 11) is -4.05. The molecule has 30 heavy (non-hydrogen) atoms. The highest BCUT2D eigenvalue weighted by atomic mass is 35.5. The number of likely N-dealkylation sites (tertiary alicyclic amines) is 1. The topological polar surface area (TPSA) is 110 Å². The fourth-order valence-electron chi connectivity index (χ4n) is 3.35. The minimum atomic E-state index is -4.05. The van der Waals surface area contributed by atoms with E-state index in [9.17, 15) is 13.2 Å². The van der Waals surface area contributed by atoms with Crippen LogP contribution in [0.5, 0.6) is 0 Å². The third-order valence-corrected chi connectivity index (χ3v) is 7.37. The number of sulfonamides is 1. The lowest BCUT2D eigenvalue weighted by Gasteiger charge is -2.33. The zero-order chi connectivity index (χ0) is 21.9. The van der Waals surface area contributed by atoms with Crippen molar-refractivity contribution in [2.45, 2.75) is 43.7 Å². The average molecular weight is 474 g/mol. The van der Waals surface area contributed by atoms with Gasteiger partial charge in [0.25, 0.3) is 0 Å². The second kappa shape index (κ2) is 9.55. The number of carbonyl (C=O) groups is 1. The third kappa shape index (κ3) is 5.46. The van der Waals surface area contributed by atoms with E-state index < -0.39 is 16.1 Å². The lowest BCUT2D eigenvalue weighted by atomic mass is 9.98. The van der Waals surface area contributed by atoms with Crippen LogP contribution in [0, 0.1) is 5.92 Å². The van der Waals surface area contributed by atoms with Gasteiger partial charge in [0, 0.05) is 32.0 Å². The van der Waals surface area contributed by atoms with Gasteiger partial charge in [0.1, 0.15) is 6.04 Å². The van der Waals surface area contributed by atoms with Crippen LogP contribution in [-0.2, 0) is 21.4 Å². The van der Waals surface area contributed by atoms with Crippen LogP contribution in [0.15, 0.2) is 35.7 Å². The normalized spacial score (nSPS) is 16.6. The Kier molecular flexibility index (Phi) is 7.28. The van der Waals surface area contributed by atoms with Crippen molar-refractivity contribution in [1.29, 1.82) is 0 Å².